The van der Waals surface area contributed by atoms with Crippen molar-refractivity contribution < 1.29 is 13.2 Å². The summed E-state index contributed by atoms with van der Waals surface area (Å²) in [7, 11) is -3.26. The summed E-state index contributed by atoms with van der Waals surface area (Å²) in [6.45, 7) is 2.14. The van der Waals surface area contributed by atoms with E-state index in [-0.39, 0.29) is 0 Å². The maximum absolute atomic E-state index is 11.1. The quantitative estimate of drug-likeness (QED) is 0.575. The van der Waals surface area contributed by atoms with Crippen molar-refractivity contribution in [1.82, 2.24) is 5.32 Å². The smallest absolute Gasteiger partial charge is 0.229 e. The second kappa shape index (κ2) is 10.0. The van der Waals surface area contributed by atoms with Crippen LogP contribution in [0.4, 0.5) is 5.69 Å². The van der Waals surface area contributed by atoms with Gasteiger partial charge in [0.25, 0.3) is 0 Å². The molecule has 2 rings (SSSR count). The molecule has 0 aliphatic heterocycles. The molecule has 5 nitrogen and oxygen atoms in total. The Morgan fingerprint density at radius 1 is 1.00 bits per heavy atom. The summed E-state index contributed by atoms with van der Waals surface area (Å²) in [6, 6.07) is 12.5. The number of nitrogens with one attached hydrogen (secondary N) is 2. The molecule has 2 aromatic rings. The lowest BCUT2D eigenvalue weighted by Crippen LogP contribution is -2.22. The van der Waals surface area contributed by atoms with Crippen LogP contribution < -0.4 is 14.8 Å². The minimum atomic E-state index is -3.26. The van der Waals surface area contributed by atoms with E-state index in [0.29, 0.717) is 28.1 Å². The van der Waals surface area contributed by atoms with Crippen molar-refractivity contribution in [2.75, 3.05) is 30.7 Å². The molecular formula is C18H22Cl2N2O3S. The number of aryl methyl sites for hydroxylation is 1. The van der Waals surface area contributed by atoms with Crippen molar-refractivity contribution in [3.63, 3.8) is 0 Å². The molecule has 8 heteroatoms. The Balaban J connectivity index is 1.59. The van der Waals surface area contributed by atoms with Gasteiger partial charge in [-0.05, 0) is 61.3 Å². The molecule has 0 spiro atoms. The van der Waals surface area contributed by atoms with Gasteiger partial charge in [-0.1, -0.05) is 29.3 Å². The Labute approximate surface area is 164 Å². The van der Waals surface area contributed by atoms with Gasteiger partial charge in [0, 0.05) is 12.2 Å². The summed E-state index contributed by atoms with van der Waals surface area (Å²) >= 11 is 11.9. The van der Waals surface area contributed by atoms with Crippen LogP contribution >= 0.6 is 23.2 Å². The van der Waals surface area contributed by atoms with Crippen LogP contribution in [0.3, 0.4) is 0 Å². The van der Waals surface area contributed by atoms with Crippen LogP contribution in [-0.2, 0) is 16.4 Å². The lowest BCUT2D eigenvalue weighted by Gasteiger charge is -2.09. The van der Waals surface area contributed by atoms with Crippen LogP contribution in [0.15, 0.2) is 42.5 Å². The number of rotatable bonds is 10. The maximum atomic E-state index is 11.1. The van der Waals surface area contributed by atoms with Crippen LogP contribution in [0.1, 0.15) is 12.0 Å². The molecule has 0 fully saturated rings. The van der Waals surface area contributed by atoms with Crippen LogP contribution in [-0.4, -0.2) is 34.4 Å². The van der Waals surface area contributed by atoms with E-state index in [1.165, 1.54) is 5.56 Å². The van der Waals surface area contributed by atoms with Gasteiger partial charge in [-0.25, -0.2) is 8.42 Å². The van der Waals surface area contributed by atoms with Crippen molar-refractivity contribution in [2.45, 2.75) is 12.8 Å². The molecule has 0 unspecified atom stereocenters. The Morgan fingerprint density at radius 2 is 1.73 bits per heavy atom. The normalized spacial score (nSPS) is 11.3. The molecule has 0 aliphatic carbocycles. The fourth-order valence-electron chi connectivity index (χ4n) is 2.31. The summed E-state index contributed by atoms with van der Waals surface area (Å²) in [5.41, 5.74) is 1.68. The summed E-state index contributed by atoms with van der Waals surface area (Å²) in [4.78, 5) is 0. The molecule has 0 saturated heterocycles. The van der Waals surface area contributed by atoms with E-state index in [0.717, 1.165) is 32.2 Å². The first-order valence-corrected chi connectivity index (χ1v) is 10.8. The highest BCUT2D eigenvalue weighted by Crippen LogP contribution is 2.23. The van der Waals surface area contributed by atoms with Gasteiger partial charge in [-0.3, -0.25) is 4.72 Å². The van der Waals surface area contributed by atoms with Crippen molar-refractivity contribution in [3.05, 3.63) is 58.1 Å². The first-order valence-electron chi connectivity index (χ1n) is 8.19. The van der Waals surface area contributed by atoms with Crippen molar-refractivity contribution in [3.8, 4) is 5.75 Å². The van der Waals surface area contributed by atoms with E-state index in [1.807, 2.05) is 18.2 Å². The van der Waals surface area contributed by atoms with E-state index in [4.69, 9.17) is 27.9 Å². The highest BCUT2D eigenvalue weighted by atomic mass is 35.5. The van der Waals surface area contributed by atoms with E-state index < -0.39 is 10.0 Å². The Morgan fingerprint density at radius 3 is 2.38 bits per heavy atom. The Kier molecular flexibility index (Phi) is 8.03. The molecule has 2 aromatic carbocycles. The van der Waals surface area contributed by atoms with Gasteiger partial charge in [0.1, 0.15) is 12.4 Å². The van der Waals surface area contributed by atoms with Crippen molar-refractivity contribution in [2.24, 2.45) is 0 Å². The molecule has 0 saturated carbocycles. The average Bonchev–Trinajstić information content (AvgIpc) is 2.57. The lowest BCUT2D eigenvalue weighted by atomic mass is 10.1. The van der Waals surface area contributed by atoms with Crippen molar-refractivity contribution >= 4 is 38.9 Å². The molecule has 0 aromatic heterocycles. The highest BCUT2D eigenvalue weighted by molar-refractivity contribution is 7.92. The highest BCUT2D eigenvalue weighted by Gasteiger charge is 2.02. The number of halogens is 2. The van der Waals surface area contributed by atoms with Crippen LogP contribution in [0.25, 0.3) is 0 Å². The van der Waals surface area contributed by atoms with E-state index in [2.05, 4.69) is 10.0 Å². The van der Waals surface area contributed by atoms with E-state index in [1.54, 1.807) is 24.3 Å². The average molecular weight is 417 g/mol. The second-order valence-corrected chi connectivity index (χ2v) is 8.41. The van der Waals surface area contributed by atoms with E-state index in [9.17, 15) is 8.42 Å². The third-order valence-electron chi connectivity index (χ3n) is 3.51. The number of ether oxygens (including phenoxy) is 1. The summed E-state index contributed by atoms with van der Waals surface area (Å²) in [5.74, 6) is 0.696. The SMILES string of the molecule is CS(=O)(=O)Nc1ccc(OCCNCCCc2ccc(Cl)c(Cl)c2)cc1. The van der Waals surface area contributed by atoms with Crippen LogP contribution in [0.2, 0.25) is 10.0 Å². The standard InChI is InChI=1S/C18H22Cl2N2O3S/c1-26(23,24)22-15-5-7-16(8-6-15)25-12-11-21-10-2-3-14-4-9-17(19)18(20)13-14/h4-9,13,21-22H,2-3,10-12H2,1H3. The van der Waals surface area contributed by atoms with Gasteiger partial charge < -0.3 is 10.1 Å². The molecule has 2 N–H and O–H groups in total. The summed E-state index contributed by atoms with van der Waals surface area (Å²) in [5, 5.41) is 4.48. The third kappa shape index (κ3) is 7.83. The van der Waals surface area contributed by atoms with Gasteiger partial charge in [0.05, 0.1) is 16.3 Å². The van der Waals surface area contributed by atoms with Gasteiger partial charge in [-0.2, -0.15) is 0 Å². The fraction of sp³-hybridized carbons (Fsp3) is 0.333. The minimum Gasteiger partial charge on any atom is -0.492 e. The molecule has 0 heterocycles. The van der Waals surface area contributed by atoms with Crippen LogP contribution in [0, 0.1) is 0 Å². The lowest BCUT2D eigenvalue weighted by molar-refractivity contribution is 0.314. The van der Waals surface area contributed by atoms with Gasteiger partial charge in [0.2, 0.25) is 10.0 Å². The number of sulfonamides is 1. The minimum absolute atomic E-state index is 0.514. The summed E-state index contributed by atoms with van der Waals surface area (Å²) in [6.07, 6.45) is 3.04. The number of hydrogen-bond acceptors (Lipinski definition) is 4. The Bertz CT molecular complexity index is 812. The molecule has 142 valence electrons. The van der Waals surface area contributed by atoms with E-state index >= 15 is 0 Å². The first-order chi connectivity index (χ1) is 12.3. The topological polar surface area (TPSA) is 67.4 Å². The number of hydrogen-bond donors (Lipinski definition) is 2. The molecule has 0 bridgehead atoms. The summed E-state index contributed by atoms with van der Waals surface area (Å²) < 4.78 is 30.3. The molecule has 0 atom stereocenters. The molecular weight excluding hydrogens is 395 g/mol. The predicted molar refractivity (Wildman–Crippen MR) is 108 cm³/mol. The third-order valence-corrected chi connectivity index (χ3v) is 4.85. The van der Waals surface area contributed by atoms with Crippen LogP contribution in [0.5, 0.6) is 5.75 Å². The number of benzene rings is 2. The molecule has 0 aliphatic rings. The zero-order chi connectivity index (χ0) is 19.0. The largest absolute Gasteiger partial charge is 0.492 e. The first kappa shape index (κ1) is 20.8. The van der Waals surface area contributed by atoms with Crippen molar-refractivity contribution in [1.29, 1.82) is 0 Å². The molecule has 0 amide bonds. The second-order valence-electron chi connectivity index (χ2n) is 5.85. The van der Waals surface area contributed by atoms with Gasteiger partial charge in [0.15, 0.2) is 0 Å². The molecule has 0 radical (unpaired) electrons. The monoisotopic (exact) mass is 416 g/mol. The maximum Gasteiger partial charge on any atom is 0.229 e. The zero-order valence-corrected chi connectivity index (χ0v) is 16.8. The predicted octanol–water partition coefficient (Wildman–Crippen LogP) is 3.97. The fourth-order valence-corrected chi connectivity index (χ4v) is 3.20. The van der Waals surface area contributed by atoms with Gasteiger partial charge >= 0.3 is 0 Å². The number of anilines is 1. The zero-order valence-electron chi connectivity index (χ0n) is 14.5. The van der Waals surface area contributed by atoms with Gasteiger partial charge in [-0.15, -0.1) is 0 Å². The molecule has 26 heavy (non-hydrogen) atoms. The Hall–Kier alpha value is -1.47.